The maximum atomic E-state index is 13.3. The largest absolute Gasteiger partial charge is 0.508 e. The maximum Gasteiger partial charge on any atom is 0.123 e. The molecule has 1 fully saturated rings. The zero-order valence-corrected chi connectivity index (χ0v) is 14.0. The lowest BCUT2D eigenvalue weighted by Gasteiger charge is -2.37. The van der Waals surface area contributed by atoms with Crippen molar-refractivity contribution in [2.24, 2.45) is 5.92 Å². The van der Waals surface area contributed by atoms with Gasteiger partial charge < -0.3 is 10.2 Å². The highest BCUT2D eigenvalue weighted by atomic mass is 19.1. The van der Waals surface area contributed by atoms with Crippen molar-refractivity contribution in [1.29, 1.82) is 0 Å². The van der Waals surface area contributed by atoms with Crippen molar-refractivity contribution in [3.8, 4) is 5.75 Å². The van der Waals surface area contributed by atoms with Crippen LogP contribution in [0.2, 0.25) is 0 Å². The van der Waals surface area contributed by atoms with Gasteiger partial charge in [-0.25, -0.2) is 4.39 Å². The van der Waals surface area contributed by atoms with Gasteiger partial charge in [0.1, 0.15) is 11.6 Å². The first-order chi connectivity index (χ1) is 11.6. The number of phenolic OH excluding ortho intramolecular Hbond substituents is 1. The minimum Gasteiger partial charge on any atom is -0.508 e. The van der Waals surface area contributed by atoms with Crippen molar-refractivity contribution in [2.45, 2.75) is 32.4 Å². The fourth-order valence-electron chi connectivity index (χ4n) is 3.44. The van der Waals surface area contributed by atoms with Crippen LogP contribution in [0.25, 0.3) is 0 Å². The zero-order valence-electron chi connectivity index (χ0n) is 14.0. The summed E-state index contributed by atoms with van der Waals surface area (Å²) >= 11 is 0. The summed E-state index contributed by atoms with van der Waals surface area (Å²) in [5.41, 5.74) is 2.45. The summed E-state index contributed by atoms with van der Waals surface area (Å²) in [6.45, 7) is 4.06. The molecule has 1 unspecified atom stereocenters. The van der Waals surface area contributed by atoms with Crippen LogP contribution >= 0.6 is 0 Å². The Morgan fingerprint density at radius 1 is 1.12 bits per heavy atom. The van der Waals surface area contributed by atoms with Crippen LogP contribution < -0.4 is 0 Å². The Balaban J connectivity index is 1.99. The average molecular weight is 329 g/mol. The Morgan fingerprint density at radius 2 is 1.79 bits per heavy atom. The Kier molecular flexibility index (Phi) is 5.17. The minimum atomic E-state index is -0.260. The molecule has 2 N–H and O–H groups in total. The second kappa shape index (κ2) is 7.32. The number of hydrogen-bond donors (Lipinski definition) is 2. The molecule has 0 aromatic heterocycles. The van der Waals surface area contributed by atoms with E-state index >= 15 is 0 Å². The van der Waals surface area contributed by atoms with Crippen LogP contribution in [0.3, 0.4) is 0 Å². The van der Waals surface area contributed by atoms with Crippen molar-refractivity contribution in [3.05, 3.63) is 65.0 Å². The van der Waals surface area contributed by atoms with Crippen LogP contribution in [-0.4, -0.2) is 28.2 Å². The summed E-state index contributed by atoms with van der Waals surface area (Å²) < 4.78 is 13.3. The third kappa shape index (κ3) is 3.60. The highest BCUT2D eigenvalue weighted by molar-refractivity contribution is 5.43. The number of likely N-dealkylation sites (tertiary alicyclic amines) is 1. The lowest BCUT2D eigenvalue weighted by Crippen LogP contribution is -2.36. The van der Waals surface area contributed by atoms with E-state index in [-0.39, 0.29) is 24.2 Å². The van der Waals surface area contributed by atoms with Crippen LogP contribution in [0, 0.1) is 11.7 Å². The molecule has 2 aromatic carbocycles. The first-order valence-corrected chi connectivity index (χ1v) is 8.50. The SMILES string of the molecule is CC1CCN(C(c2ccc(F)cc2)c2ccc(CO)cc2O)CC1. The van der Waals surface area contributed by atoms with Gasteiger partial charge in [-0.2, -0.15) is 0 Å². The summed E-state index contributed by atoms with van der Waals surface area (Å²) in [5, 5.41) is 19.7. The molecule has 0 amide bonds. The van der Waals surface area contributed by atoms with Gasteiger partial charge in [-0.05, 0) is 61.2 Å². The first-order valence-electron chi connectivity index (χ1n) is 8.50. The second-order valence-corrected chi connectivity index (χ2v) is 6.72. The van der Waals surface area contributed by atoms with E-state index in [1.807, 2.05) is 12.1 Å². The minimum absolute atomic E-state index is 0.101. The molecule has 1 saturated heterocycles. The number of piperidine rings is 1. The van der Waals surface area contributed by atoms with Crippen molar-refractivity contribution in [3.63, 3.8) is 0 Å². The molecule has 0 spiro atoms. The molecule has 3 rings (SSSR count). The predicted octanol–water partition coefficient (Wildman–Crippen LogP) is 3.84. The van der Waals surface area contributed by atoms with Gasteiger partial charge in [0.15, 0.2) is 0 Å². The number of halogens is 1. The smallest absolute Gasteiger partial charge is 0.123 e. The molecule has 128 valence electrons. The van der Waals surface area contributed by atoms with Crippen LogP contribution in [0.5, 0.6) is 5.75 Å². The van der Waals surface area contributed by atoms with E-state index in [1.165, 1.54) is 12.1 Å². The number of aliphatic hydroxyl groups is 1. The van der Waals surface area contributed by atoms with Crippen LogP contribution in [0.1, 0.15) is 42.5 Å². The molecule has 1 atom stereocenters. The Morgan fingerprint density at radius 3 is 2.38 bits per heavy atom. The molecule has 0 saturated carbocycles. The van der Waals surface area contributed by atoms with E-state index in [2.05, 4.69) is 11.8 Å². The van der Waals surface area contributed by atoms with Crippen molar-refractivity contribution < 1.29 is 14.6 Å². The van der Waals surface area contributed by atoms with E-state index in [4.69, 9.17) is 0 Å². The highest BCUT2D eigenvalue weighted by Crippen LogP contribution is 2.37. The highest BCUT2D eigenvalue weighted by Gasteiger charge is 2.28. The topological polar surface area (TPSA) is 43.7 Å². The number of hydrogen-bond acceptors (Lipinski definition) is 3. The van der Waals surface area contributed by atoms with Gasteiger partial charge in [-0.3, -0.25) is 4.90 Å². The zero-order chi connectivity index (χ0) is 17.1. The molecule has 1 aliphatic rings. The lowest BCUT2D eigenvalue weighted by atomic mass is 9.91. The number of aliphatic hydroxyl groups excluding tert-OH is 1. The van der Waals surface area contributed by atoms with Gasteiger partial charge in [0.25, 0.3) is 0 Å². The van der Waals surface area contributed by atoms with Gasteiger partial charge in [0.2, 0.25) is 0 Å². The fourth-order valence-corrected chi connectivity index (χ4v) is 3.44. The summed E-state index contributed by atoms with van der Waals surface area (Å²) in [6, 6.07) is 11.7. The molecule has 3 nitrogen and oxygen atoms in total. The molecule has 0 aliphatic carbocycles. The van der Waals surface area contributed by atoms with E-state index in [1.54, 1.807) is 18.2 Å². The van der Waals surface area contributed by atoms with Gasteiger partial charge >= 0.3 is 0 Å². The fraction of sp³-hybridized carbons (Fsp3) is 0.400. The van der Waals surface area contributed by atoms with Crippen molar-refractivity contribution in [1.82, 2.24) is 4.90 Å². The van der Waals surface area contributed by atoms with E-state index < -0.39 is 0 Å². The molecule has 24 heavy (non-hydrogen) atoms. The molecule has 4 heteroatoms. The van der Waals surface area contributed by atoms with Crippen molar-refractivity contribution in [2.75, 3.05) is 13.1 Å². The number of phenols is 1. The maximum absolute atomic E-state index is 13.3. The normalized spacial score (nSPS) is 17.8. The number of aromatic hydroxyl groups is 1. The van der Waals surface area contributed by atoms with E-state index in [9.17, 15) is 14.6 Å². The van der Waals surface area contributed by atoms with Crippen LogP contribution in [-0.2, 0) is 6.61 Å². The molecule has 2 aromatic rings. The summed E-state index contributed by atoms with van der Waals surface area (Å²) in [6.07, 6.45) is 2.24. The third-order valence-corrected chi connectivity index (χ3v) is 4.94. The number of nitrogens with zero attached hydrogens (tertiary/aromatic N) is 1. The molecule has 0 bridgehead atoms. The van der Waals surface area contributed by atoms with Crippen LogP contribution in [0.15, 0.2) is 42.5 Å². The molecular weight excluding hydrogens is 305 g/mol. The molecule has 0 radical (unpaired) electrons. The average Bonchev–Trinajstić information content (AvgIpc) is 2.59. The molecule has 1 heterocycles. The standard InChI is InChI=1S/C20H24FNO2/c1-14-8-10-22(11-9-14)20(16-3-5-17(21)6-4-16)18-7-2-15(13-23)12-19(18)24/h2-7,12,14,20,23-24H,8-11,13H2,1H3. The van der Waals surface area contributed by atoms with Gasteiger partial charge in [-0.1, -0.05) is 31.2 Å². The Bertz CT molecular complexity index is 679. The van der Waals surface area contributed by atoms with Gasteiger partial charge in [0, 0.05) is 5.56 Å². The van der Waals surface area contributed by atoms with E-state index in [0.717, 1.165) is 37.1 Å². The lowest BCUT2D eigenvalue weighted by molar-refractivity contribution is 0.156. The summed E-state index contributed by atoms with van der Waals surface area (Å²) in [5.74, 6) is 0.625. The molecular formula is C20H24FNO2. The molecule has 1 aliphatic heterocycles. The monoisotopic (exact) mass is 329 g/mol. The van der Waals surface area contributed by atoms with Crippen molar-refractivity contribution >= 4 is 0 Å². The second-order valence-electron chi connectivity index (χ2n) is 6.72. The number of rotatable bonds is 4. The predicted molar refractivity (Wildman–Crippen MR) is 92.2 cm³/mol. The number of benzene rings is 2. The summed E-state index contributed by atoms with van der Waals surface area (Å²) in [4.78, 5) is 2.35. The summed E-state index contributed by atoms with van der Waals surface area (Å²) in [7, 11) is 0. The first kappa shape index (κ1) is 16.9. The Labute approximate surface area is 142 Å². The van der Waals surface area contributed by atoms with Crippen LogP contribution in [0.4, 0.5) is 4.39 Å². The third-order valence-electron chi connectivity index (χ3n) is 4.94. The van der Waals surface area contributed by atoms with Gasteiger partial charge in [0.05, 0.1) is 12.6 Å². The quantitative estimate of drug-likeness (QED) is 0.895. The Hall–Kier alpha value is -1.91. The van der Waals surface area contributed by atoms with Gasteiger partial charge in [-0.15, -0.1) is 0 Å². The van der Waals surface area contributed by atoms with E-state index in [0.29, 0.717) is 11.5 Å².